The third-order valence-electron chi connectivity index (χ3n) is 5.00. The normalized spacial score (nSPS) is 10.9. The molecule has 0 bridgehead atoms. The Morgan fingerprint density at radius 1 is 0.357 bits per heavy atom. The molecule has 0 aliphatic carbocycles. The molecule has 6 aromatic rings. The number of rotatable bonds is 0. The zero-order valence-corrected chi connectivity index (χ0v) is 15.3. The number of benzene rings is 4. The summed E-state index contributed by atoms with van der Waals surface area (Å²) in [5.74, 6) is 0. The summed E-state index contributed by atoms with van der Waals surface area (Å²) in [6, 6.07) is 33.1. The average molecular weight is 358 g/mol. The van der Waals surface area contributed by atoms with Gasteiger partial charge in [0.05, 0.1) is 11.0 Å². The van der Waals surface area contributed by atoms with E-state index < -0.39 is 0 Å². The number of pyridine rings is 2. The number of para-hydroxylation sites is 2. The van der Waals surface area contributed by atoms with Crippen molar-refractivity contribution in [2.24, 2.45) is 0 Å². The molecule has 0 unspecified atom stereocenters. The van der Waals surface area contributed by atoms with E-state index in [1.54, 1.807) is 0 Å². The predicted octanol–water partition coefficient (Wildman–Crippen LogP) is 6.78. The summed E-state index contributed by atoms with van der Waals surface area (Å²) in [6.45, 7) is 0. The van der Waals surface area contributed by atoms with Crippen LogP contribution in [-0.2, 0) is 0 Å². The smallest absolute Gasteiger partial charge is 0.0708 e. The topological polar surface area (TPSA) is 25.8 Å². The summed E-state index contributed by atoms with van der Waals surface area (Å²) in [6.07, 6.45) is 3.86. The Labute approximate surface area is 163 Å². The van der Waals surface area contributed by atoms with Gasteiger partial charge in [0.2, 0.25) is 0 Å². The highest BCUT2D eigenvalue weighted by Gasteiger charge is 1.99. The molecule has 0 fully saturated rings. The Morgan fingerprint density at radius 2 is 0.714 bits per heavy atom. The van der Waals surface area contributed by atoms with Gasteiger partial charge in [0.1, 0.15) is 0 Å². The quantitative estimate of drug-likeness (QED) is 0.280. The lowest BCUT2D eigenvalue weighted by atomic mass is 10.1. The zero-order chi connectivity index (χ0) is 18.8. The molecule has 2 aromatic heterocycles. The van der Waals surface area contributed by atoms with Crippen molar-refractivity contribution in [1.29, 1.82) is 0 Å². The number of aromatic nitrogens is 2. The molecule has 0 radical (unpaired) electrons. The van der Waals surface area contributed by atoms with E-state index in [0.29, 0.717) is 0 Å². The standard InChI is InChI=1S/2C13H9N/c2*1-2-6-11-10(5-1)9-14-13-8-4-3-7-12(11)13/h2*1-9H. The first-order valence-corrected chi connectivity index (χ1v) is 9.35. The van der Waals surface area contributed by atoms with Gasteiger partial charge in [0, 0.05) is 33.9 Å². The van der Waals surface area contributed by atoms with Gasteiger partial charge in [-0.2, -0.15) is 0 Å². The maximum absolute atomic E-state index is 4.41. The average Bonchev–Trinajstić information content (AvgIpc) is 2.79. The van der Waals surface area contributed by atoms with Crippen molar-refractivity contribution in [3.8, 4) is 0 Å². The van der Waals surface area contributed by atoms with Crippen LogP contribution in [0.2, 0.25) is 0 Å². The molecular weight excluding hydrogens is 340 g/mol. The summed E-state index contributed by atoms with van der Waals surface area (Å²) in [5, 5.41) is 7.41. The fourth-order valence-electron chi connectivity index (χ4n) is 3.62. The van der Waals surface area contributed by atoms with Crippen LogP contribution in [0, 0.1) is 0 Å². The third-order valence-corrected chi connectivity index (χ3v) is 5.00. The number of hydrogen-bond donors (Lipinski definition) is 0. The Hall–Kier alpha value is -3.78. The van der Waals surface area contributed by atoms with E-state index in [4.69, 9.17) is 0 Å². The zero-order valence-electron chi connectivity index (χ0n) is 15.3. The van der Waals surface area contributed by atoms with Gasteiger partial charge in [-0.15, -0.1) is 0 Å². The summed E-state index contributed by atoms with van der Waals surface area (Å²) in [7, 11) is 0. The van der Waals surface area contributed by atoms with Crippen LogP contribution < -0.4 is 0 Å². The van der Waals surface area contributed by atoms with Gasteiger partial charge in [-0.3, -0.25) is 9.97 Å². The Kier molecular flexibility index (Phi) is 4.15. The number of nitrogens with zero attached hydrogens (tertiary/aromatic N) is 2. The van der Waals surface area contributed by atoms with Crippen molar-refractivity contribution in [1.82, 2.24) is 9.97 Å². The predicted molar refractivity (Wildman–Crippen MR) is 118 cm³/mol. The van der Waals surface area contributed by atoms with Crippen molar-refractivity contribution in [2.75, 3.05) is 0 Å². The molecule has 0 amide bonds. The molecule has 2 heterocycles. The number of hydrogen-bond acceptors (Lipinski definition) is 2. The highest BCUT2D eigenvalue weighted by atomic mass is 14.7. The molecule has 0 spiro atoms. The van der Waals surface area contributed by atoms with E-state index in [1.165, 1.54) is 32.3 Å². The minimum absolute atomic E-state index is 1.06. The first-order chi connectivity index (χ1) is 13.9. The molecule has 132 valence electrons. The minimum Gasteiger partial charge on any atom is -0.256 e. The highest BCUT2D eigenvalue weighted by molar-refractivity contribution is 6.05. The minimum atomic E-state index is 1.06. The maximum Gasteiger partial charge on any atom is 0.0708 e. The molecular formula is C26H18N2. The molecule has 0 aliphatic heterocycles. The second-order valence-electron chi connectivity index (χ2n) is 6.73. The second-order valence-corrected chi connectivity index (χ2v) is 6.73. The van der Waals surface area contributed by atoms with Gasteiger partial charge in [-0.1, -0.05) is 84.9 Å². The van der Waals surface area contributed by atoms with Gasteiger partial charge in [-0.25, -0.2) is 0 Å². The van der Waals surface area contributed by atoms with E-state index in [9.17, 15) is 0 Å². The van der Waals surface area contributed by atoms with Crippen molar-refractivity contribution < 1.29 is 0 Å². The monoisotopic (exact) mass is 358 g/mol. The Balaban J connectivity index is 0.000000122. The molecule has 28 heavy (non-hydrogen) atoms. The van der Waals surface area contributed by atoms with Crippen molar-refractivity contribution >= 4 is 43.4 Å². The van der Waals surface area contributed by atoms with Crippen molar-refractivity contribution in [2.45, 2.75) is 0 Å². The lowest BCUT2D eigenvalue weighted by Gasteiger charge is -2.01. The Morgan fingerprint density at radius 3 is 1.18 bits per heavy atom. The highest BCUT2D eigenvalue weighted by Crippen LogP contribution is 2.23. The summed E-state index contributed by atoms with van der Waals surface area (Å²) >= 11 is 0. The van der Waals surface area contributed by atoms with Crippen LogP contribution in [-0.4, -0.2) is 9.97 Å². The van der Waals surface area contributed by atoms with Gasteiger partial charge < -0.3 is 0 Å². The van der Waals surface area contributed by atoms with Crippen molar-refractivity contribution in [3.05, 3.63) is 109 Å². The van der Waals surface area contributed by atoms with Gasteiger partial charge in [0.15, 0.2) is 0 Å². The second kappa shape index (κ2) is 7.09. The maximum atomic E-state index is 4.41. The van der Waals surface area contributed by atoms with E-state index in [0.717, 1.165) is 11.0 Å². The third kappa shape index (κ3) is 2.95. The fourth-order valence-corrected chi connectivity index (χ4v) is 3.62. The first kappa shape index (κ1) is 16.4. The SMILES string of the molecule is c1ccc2c(c1)cnc1ccccc12.c1ccc2c(c1)cnc1ccccc12. The van der Waals surface area contributed by atoms with Gasteiger partial charge in [-0.05, 0) is 22.9 Å². The summed E-state index contributed by atoms with van der Waals surface area (Å²) in [4.78, 5) is 8.82. The van der Waals surface area contributed by atoms with E-state index in [1.807, 2.05) is 48.8 Å². The molecule has 4 aromatic carbocycles. The van der Waals surface area contributed by atoms with Gasteiger partial charge >= 0.3 is 0 Å². The van der Waals surface area contributed by atoms with Crippen LogP contribution in [0.3, 0.4) is 0 Å². The van der Waals surface area contributed by atoms with E-state index in [2.05, 4.69) is 70.6 Å². The van der Waals surface area contributed by atoms with Crippen LogP contribution in [0.1, 0.15) is 0 Å². The molecule has 0 saturated carbocycles. The van der Waals surface area contributed by atoms with Gasteiger partial charge in [0.25, 0.3) is 0 Å². The Bertz CT molecular complexity index is 1200. The van der Waals surface area contributed by atoms with Crippen molar-refractivity contribution in [3.63, 3.8) is 0 Å². The lowest BCUT2D eigenvalue weighted by Crippen LogP contribution is -1.80. The lowest BCUT2D eigenvalue weighted by molar-refractivity contribution is 1.44. The van der Waals surface area contributed by atoms with Crippen LogP contribution >= 0.6 is 0 Å². The summed E-state index contributed by atoms with van der Waals surface area (Å²) < 4.78 is 0. The molecule has 0 N–H and O–H groups in total. The van der Waals surface area contributed by atoms with Crippen LogP contribution in [0.25, 0.3) is 43.4 Å². The molecule has 6 rings (SSSR count). The van der Waals surface area contributed by atoms with Crippen LogP contribution in [0.4, 0.5) is 0 Å². The van der Waals surface area contributed by atoms with E-state index in [-0.39, 0.29) is 0 Å². The van der Waals surface area contributed by atoms with Crippen LogP contribution in [0.15, 0.2) is 109 Å². The molecule has 0 aliphatic rings. The largest absolute Gasteiger partial charge is 0.256 e. The number of fused-ring (bicyclic) bond motifs is 6. The van der Waals surface area contributed by atoms with E-state index >= 15 is 0 Å². The molecule has 0 atom stereocenters. The molecule has 0 saturated heterocycles. The van der Waals surface area contributed by atoms with Crippen LogP contribution in [0.5, 0.6) is 0 Å². The molecule has 2 heteroatoms. The summed E-state index contributed by atoms with van der Waals surface area (Å²) in [5.41, 5.74) is 2.12. The molecule has 2 nitrogen and oxygen atoms in total. The fraction of sp³-hybridized carbons (Fsp3) is 0. The first-order valence-electron chi connectivity index (χ1n) is 9.35.